The molecule has 3 aromatic rings. The van der Waals surface area contributed by atoms with Crippen LogP contribution in [0.25, 0.3) is 6.08 Å². The molecule has 3 aromatic carbocycles. The summed E-state index contributed by atoms with van der Waals surface area (Å²) in [7, 11) is 0. The molecule has 0 aromatic heterocycles. The number of esters is 1. The van der Waals surface area contributed by atoms with Gasteiger partial charge in [0.1, 0.15) is 17.4 Å². The smallest absolute Gasteiger partial charge is 0.338 e. The lowest BCUT2D eigenvalue weighted by Gasteiger charge is -2.08. The number of carbonyl (C=O) groups is 3. The lowest BCUT2D eigenvalue weighted by atomic mass is 10.1. The van der Waals surface area contributed by atoms with Crippen molar-refractivity contribution in [1.29, 1.82) is 5.26 Å². The van der Waals surface area contributed by atoms with Gasteiger partial charge in [0, 0.05) is 11.4 Å². The Balaban J connectivity index is 1.55. The molecule has 0 aliphatic carbocycles. The molecule has 36 heavy (non-hydrogen) atoms. The number of hydrogen-bond donors (Lipinski definition) is 2. The van der Waals surface area contributed by atoms with E-state index in [-0.39, 0.29) is 24.7 Å². The van der Waals surface area contributed by atoms with Crippen LogP contribution in [0.15, 0.2) is 78.4 Å². The van der Waals surface area contributed by atoms with Crippen LogP contribution in [0.4, 0.5) is 11.4 Å². The molecule has 0 fully saturated rings. The minimum atomic E-state index is -0.588. The van der Waals surface area contributed by atoms with E-state index in [4.69, 9.17) is 9.47 Å². The SMILES string of the molecule is CCOC(=O)c1ccc(NC(=O)/C(C#N)=C/c2ccc(OCC(=O)Nc3ccc(C)cc3)cc2)cc1. The molecule has 0 bridgehead atoms. The molecular weight excluding hydrogens is 458 g/mol. The van der Waals surface area contributed by atoms with Gasteiger partial charge in [0.15, 0.2) is 6.61 Å². The average Bonchev–Trinajstić information content (AvgIpc) is 2.88. The lowest BCUT2D eigenvalue weighted by molar-refractivity contribution is -0.118. The zero-order valence-corrected chi connectivity index (χ0v) is 19.9. The van der Waals surface area contributed by atoms with Crippen molar-refractivity contribution in [1.82, 2.24) is 0 Å². The number of carbonyl (C=O) groups excluding carboxylic acids is 3. The first kappa shape index (κ1) is 25.7. The highest BCUT2D eigenvalue weighted by atomic mass is 16.5. The number of hydrogen-bond acceptors (Lipinski definition) is 6. The van der Waals surface area contributed by atoms with Gasteiger partial charge in [-0.1, -0.05) is 29.8 Å². The molecule has 0 aliphatic heterocycles. The topological polar surface area (TPSA) is 118 Å². The summed E-state index contributed by atoms with van der Waals surface area (Å²) >= 11 is 0. The van der Waals surface area contributed by atoms with E-state index in [9.17, 15) is 19.6 Å². The number of nitriles is 1. The van der Waals surface area contributed by atoms with Crippen molar-refractivity contribution < 1.29 is 23.9 Å². The highest BCUT2D eigenvalue weighted by Crippen LogP contribution is 2.17. The molecule has 0 unspecified atom stereocenters. The molecule has 182 valence electrons. The molecule has 2 N–H and O–H groups in total. The quantitative estimate of drug-likeness (QED) is 0.258. The standard InChI is InChI=1S/C28H25N3O5/c1-3-35-28(34)21-8-12-24(13-9-21)31-27(33)22(17-29)16-20-6-14-25(15-7-20)36-18-26(32)30-23-10-4-19(2)5-11-23/h4-16H,3,18H2,1-2H3,(H,30,32)(H,31,33)/b22-16+. The van der Waals surface area contributed by atoms with Crippen molar-refractivity contribution in [2.45, 2.75) is 13.8 Å². The van der Waals surface area contributed by atoms with E-state index in [0.29, 0.717) is 28.3 Å². The van der Waals surface area contributed by atoms with Gasteiger partial charge in [0.25, 0.3) is 11.8 Å². The third kappa shape index (κ3) is 7.57. The van der Waals surface area contributed by atoms with E-state index >= 15 is 0 Å². The van der Waals surface area contributed by atoms with Crippen LogP contribution >= 0.6 is 0 Å². The number of nitrogens with zero attached hydrogens (tertiary/aromatic N) is 1. The summed E-state index contributed by atoms with van der Waals surface area (Å²) in [5.41, 5.74) is 3.08. The summed E-state index contributed by atoms with van der Waals surface area (Å²) in [5.74, 6) is -0.862. The Labute approximate surface area is 209 Å². The van der Waals surface area contributed by atoms with Gasteiger partial charge >= 0.3 is 5.97 Å². The number of rotatable bonds is 9. The fraction of sp³-hybridized carbons (Fsp3) is 0.143. The lowest BCUT2D eigenvalue weighted by Crippen LogP contribution is -2.20. The van der Waals surface area contributed by atoms with Crippen LogP contribution in [0.1, 0.15) is 28.4 Å². The average molecular weight is 484 g/mol. The van der Waals surface area contributed by atoms with Gasteiger partial charge in [-0.15, -0.1) is 0 Å². The van der Waals surface area contributed by atoms with E-state index in [0.717, 1.165) is 5.56 Å². The van der Waals surface area contributed by atoms with Gasteiger partial charge in [0.05, 0.1) is 12.2 Å². The van der Waals surface area contributed by atoms with E-state index in [2.05, 4.69) is 10.6 Å². The van der Waals surface area contributed by atoms with Gasteiger partial charge in [-0.25, -0.2) is 4.79 Å². The second kappa shape index (κ2) is 12.5. The Morgan fingerprint density at radius 3 is 2.11 bits per heavy atom. The predicted octanol–water partition coefficient (Wildman–Crippen LogP) is 4.73. The summed E-state index contributed by atoms with van der Waals surface area (Å²) in [4.78, 5) is 36.3. The zero-order chi connectivity index (χ0) is 25.9. The minimum absolute atomic E-state index is 0.101. The molecule has 2 amide bonds. The van der Waals surface area contributed by atoms with Gasteiger partial charge in [-0.3, -0.25) is 9.59 Å². The number of amides is 2. The summed E-state index contributed by atoms with van der Waals surface area (Å²) < 4.78 is 10.4. The normalized spacial score (nSPS) is 10.6. The van der Waals surface area contributed by atoms with Crippen LogP contribution in [0.3, 0.4) is 0 Å². The van der Waals surface area contributed by atoms with E-state index in [1.807, 2.05) is 37.3 Å². The monoisotopic (exact) mass is 483 g/mol. The number of aryl methyl sites for hydroxylation is 1. The molecule has 8 heteroatoms. The fourth-order valence-electron chi connectivity index (χ4n) is 3.06. The molecule has 0 atom stereocenters. The Bertz CT molecular complexity index is 1290. The predicted molar refractivity (Wildman–Crippen MR) is 136 cm³/mol. The van der Waals surface area contributed by atoms with Gasteiger partial charge in [-0.05, 0) is 74.0 Å². The maximum atomic E-state index is 12.5. The Morgan fingerprint density at radius 2 is 1.50 bits per heavy atom. The molecule has 0 saturated carbocycles. The molecule has 3 rings (SSSR count). The van der Waals surface area contributed by atoms with Crippen LogP contribution in [0.5, 0.6) is 5.75 Å². The highest BCUT2D eigenvalue weighted by molar-refractivity contribution is 6.09. The first-order valence-corrected chi connectivity index (χ1v) is 11.2. The summed E-state index contributed by atoms with van der Waals surface area (Å²) in [5, 5.41) is 14.8. The Morgan fingerprint density at radius 1 is 0.889 bits per heavy atom. The minimum Gasteiger partial charge on any atom is -0.484 e. The van der Waals surface area contributed by atoms with Crippen LogP contribution in [0.2, 0.25) is 0 Å². The van der Waals surface area contributed by atoms with Gasteiger partial charge < -0.3 is 20.1 Å². The summed E-state index contributed by atoms with van der Waals surface area (Å²) in [6.07, 6.45) is 1.44. The van der Waals surface area contributed by atoms with Crippen LogP contribution in [-0.2, 0) is 14.3 Å². The van der Waals surface area contributed by atoms with Crippen molar-refractivity contribution in [2.24, 2.45) is 0 Å². The Kier molecular flexibility index (Phi) is 8.95. The zero-order valence-electron chi connectivity index (χ0n) is 19.9. The van der Waals surface area contributed by atoms with Crippen LogP contribution < -0.4 is 15.4 Å². The largest absolute Gasteiger partial charge is 0.484 e. The molecule has 0 radical (unpaired) electrons. The number of ether oxygens (including phenoxy) is 2. The Hall–Kier alpha value is -4.90. The number of nitrogens with one attached hydrogen (secondary N) is 2. The van der Waals surface area contributed by atoms with Crippen LogP contribution in [-0.4, -0.2) is 31.0 Å². The molecule has 8 nitrogen and oxygen atoms in total. The van der Waals surface area contributed by atoms with E-state index in [1.165, 1.54) is 18.2 Å². The second-order valence-electron chi connectivity index (χ2n) is 7.69. The first-order chi connectivity index (χ1) is 17.4. The summed E-state index contributed by atoms with van der Waals surface area (Å²) in [6, 6.07) is 22.1. The maximum absolute atomic E-state index is 12.5. The molecule has 0 spiro atoms. The molecule has 0 aliphatic rings. The molecule has 0 saturated heterocycles. The third-order valence-corrected chi connectivity index (χ3v) is 4.92. The van der Waals surface area contributed by atoms with Crippen molar-refractivity contribution in [3.05, 3.63) is 95.1 Å². The summed E-state index contributed by atoms with van der Waals surface area (Å²) in [6.45, 7) is 3.79. The van der Waals surface area contributed by atoms with Crippen LogP contribution in [0, 0.1) is 18.3 Å². The van der Waals surface area contributed by atoms with Gasteiger partial charge in [-0.2, -0.15) is 5.26 Å². The maximum Gasteiger partial charge on any atom is 0.338 e. The van der Waals surface area contributed by atoms with Crippen molar-refractivity contribution in [3.63, 3.8) is 0 Å². The number of anilines is 2. The first-order valence-electron chi connectivity index (χ1n) is 11.2. The van der Waals surface area contributed by atoms with E-state index in [1.54, 1.807) is 43.3 Å². The van der Waals surface area contributed by atoms with Crippen molar-refractivity contribution in [2.75, 3.05) is 23.8 Å². The van der Waals surface area contributed by atoms with Crippen molar-refractivity contribution >= 4 is 35.2 Å². The molecular formula is C28H25N3O5. The highest BCUT2D eigenvalue weighted by Gasteiger charge is 2.11. The molecule has 0 heterocycles. The third-order valence-electron chi connectivity index (χ3n) is 4.92. The van der Waals surface area contributed by atoms with Crippen molar-refractivity contribution in [3.8, 4) is 11.8 Å². The number of benzene rings is 3. The second-order valence-corrected chi connectivity index (χ2v) is 7.69. The van der Waals surface area contributed by atoms with Gasteiger partial charge in [0.2, 0.25) is 0 Å². The fourth-order valence-corrected chi connectivity index (χ4v) is 3.06. The van der Waals surface area contributed by atoms with E-state index < -0.39 is 11.9 Å².